The number of benzene rings is 1. The number of rotatable bonds is 6. The molecule has 0 radical (unpaired) electrons. The van der Waals surface area contributed by atoms with Crippen molar-refractivity contribution in [3.05, 3.63) is 59.3 Å². The number of nitrogens with one attached hydrogen (secondary N) is 2. The molecule has 1 heterocycles. The van der Waals surface area contributed by atoms with Gasteiger partial charge in [0.25, 0.3) is 5.91 Å². The van der Waals surface area contributed by atoms with Crippen LogP contribution in [0, 0.1) is 0 Å². The molecule has 0 fully saturated rings. The third-order valence-corrected chi connectivity index (χ3v) is 3.26. The average Bonchev–Trinajstić information content (AvgIpc) is 2.53. The molecule has 0 spiro atoms. The van der Waals surface area contributed by atoms with E-state index in [0.717, 1.165) is 24.3 Å². The zero-order valence-electron chi connectivity index (χ0n) is 12.5. The molecule has 0 atom stereocenters. The second-order valence-corrected chi connectivity index (χ2v) is 4.81. The van der Waals surface area contributed by atoms with E-state index in [1.54, 1.807) is 18.3 Å². The molecular formula is C17H21N3O. The van der Waals surface area contributed by atoms with E-state index in [1.807, 2.05) is 6.92 Å². The standard InChI is InChI=1S/C17H21N3O/c1-3-13-5-7-14(8-6-13)12-20-17(21)15-9-10-19-16(11-15)18-4-2/h5-11H,3-4,12H2,1-2H3,(H,18,19)(H,20,21). The maximum absolute atomic E-state index is 12.1. The molecule has 4 heteroatoms. The Morgan fingerprint density at radius 3 is 2.48 bits per heavy atom. The van der Waals surface area contributed by atoms with Crippen molar-refractivity contribution in [2.75, 3.05) is 11.9 Å². The Morgan fingerprint density at radius 2 is 1.81 bits per heavy atom. The third kappa shape index (κ3) is 4.31. The quantitative estimate of drug-likeness (QED) is 0.857. The van der Waals surface area contributed by atoms with Crippen LogP contribution >= 0.6 is 0 Å². The number of carbonyl (C=O) groups excluding carboxylic acids is 1. The van der Waals surface area contributed by atoms with Gasteiger partial charge in [-0.2, -0.15) is 0 Å². The summed E-state index contributed by atoms with van der Waals surface area (Å²) in [6.07, 6.45) is 2.67. The Kier molecular flexibility index (Phi) is 5.32. The number of aryl methyl sites for hydroxylation is 1. The van der Waals surface area contributed by atoms with Gasteiger partial charge >= 0.3 is 0 Å². The van der Waals surface area contributed by atoms with Crippen LogP contribution in [-0.2, 0) is 13.0 Å². The first-order chi connectivity index (χ1) is 10.2. The van der Waals surface area contributed by atoms with Crippen molar-refractivity contribution in [3.63, 3.8) is 0 Å². The van der Waals surface area contributed by atoms with E-state index < -0.39 is 0 Å². The molecule has 21 heavy (non-hydrogen) atoms. The summed E-state index contributed by atoms with van der Waals surface area (Å²) in [4.78, 5) is 16.3. The molecule has 0 aliphatic rings. The number of hydrogen-bond acceptors (Lipinski definition) is 3. The Morgan fingerprint density at radius 1 is 1.10 bits per heavy atom. The van der Waals surface area contributed by atoms with E-state index in [0.29, 0.717) is 12.1 Å². The van der Waals surface area contributed by atoms with Crippen molar-refractivity contribution in [2.24, 2.45) is 0 Å². The van der Waals surface area contributed by atoms with Crippen molar-refractivity contribution in [1.82, 2.24) is 10.3 Å². The van der Waals surface area contributed by atoms with E-state index in [4.69, 9.17) is 0 Å². The summed E-state index contributed by atoms with van der Waals surface area (Å²) < 4.78 is 0. The highest BCUT2D eigenvalue weighted by Gasteiger charge is 2.06. The van der Waals surface area contributed by atoms with Gasteiger partial charge in [-0.05, 0) is 36.6 Å². The number of hydrogen-bond donors (Lipinski definition) is 2. The molecule has 0 saturated heterocycles. The molecule has 2 rings (SSSR count). The zero-order chi connectivity index (χ0) is 15.1. The van der Waals surface area contributed by atoms with Crippen LogP contribution in [0.25, 0.3) is 0 Å². The molecule has 110 valence electrons. The summed E-state index contributed by atoms with van der Waals surface area (Å²) in [6.45, 7) is 5.43. The summed E-state index contributed by atoms with van der Waals surface area (Å²) in [6, 6.07) is 11.8. The zero-order valence-corrected chi connectivity index (χ0v) is 12.5. The lowest BCUT2D eigenvalue weighted by atomic mass is 10.1. The number of nitrogens with zero attached hydrogens (tertiary/aromatic N) is 1. The van der Waals surface area contributed by atoms with Gasteiger partial charge in [0.05, 0.1) is 0 Å². The number of anilines is 1. The minimum absolute atomic E-state index is 0.0869. The molecule has 0 aliphatic heterocycles. The fraction of sp³-hybridized carbons (Fsp3) is 0.294. The third-order valence-electron chi connectivity index (χ3n) is 3.26. The molecule has 1 aromatic carbocycles. The second kappa shape index (κ2) is 7.43. The lowest BCUT2D eigenvalue weighted by Crippen LogP contribution is -2.23. The van der Waals surface area contributed by atoms with Crippen molar-refractivity contribution in [2.45, 2.75) is 26.8 Å². The molecule has 0 unspecified atom stereocenters. The highest BCUT2D eigenvalue weighted by molar-refractivity contribution is 5.94. The highest BCUT2D eigenvalue weighted by Crippen LogP contribution is 2.08. The second-order valence-electron chi connectivity index (χ2n) is 4.81. The van der Waals surface area contributed by atoms with E-state index in [2.05, 4.69) is 46.8 Å². The average molecular weight is 283 g/mol. The van der Waals surface area contributed by atoms with Gasteiger partial charge in [-0.3, -0.25) is 4.79 Å². The molecule has 1 amide bonds. The minimum Gasteiger partial charge on any atom is -0.370 e. The van der Waals surface area contributed by atoms with Gasteiger partial charge in [0.2, 0.25) is 0 Å². The van der Waals surface area contributed by atoms with Crippen LogP contribution in [0.1, 0.15) is 35.3 Å². The summed E-state index contributed by atoms with van der Waals surface area (Å²) in [7, 11) is 0. The van der Waals surface area contributed by atoms with Gasteiger partial charge in [0.15, 0.2) is 0 Å². The predicted octanol–water partition coefficient (Wildman–Crippen LogP) is 3.01. The fourth-order valence-corrected chi connectivity index (χ4v) is 2.03. The van der Waals surface area contributed by atoms with Crippen LogP contribution in [-0.4, -0.2) is 17.4 Å². The van der Waals surface area contributed by atoms with Crippen LogP contribution in [0.3, 0.4) is 0 Å². The van der Waals surface area contributed by atoms with Crippen molar-refractivity contribution in [1.29, 1.82) is 0 Å². The van der Waals surface area contributed by atoms with Gasteiger partial charge in [-0.25, -0.2) is 4.98 Å². The lowest BCUT2D eigenvalue weighted by Gasteiger charge is -2.08. The molecule has 0 aliphatic carbocycles. The van der Waals surface area contributed by atoms with Crippen LogP contribution in [0.2, 0.25) is 0 Å². The SMILES string of the molecule is CCNc1cc(C(=O)NCc2ccc(CC)cc2)ccn1. The van der Waals surface area contributed by atoms with Gasteiger partial charge in [-0.15, -0.1) is 0 Å². The van der Waals surface area contributed by atoms with E-state index in [-0.39, 0.29) is 5.91 Å². The molecule has 2 N–H and O–H groups in total. The van der Waals surface area contributed by atoms with Crippen molar-refractivity contribution < 1.29 is 4.79 Å². The van der Waals surface area contributed by atoms with E-state index in [1.165, 1.54) is 5.56 Å². The smallest absolute Gasteiger partial charge is 0.251 e. The van der Waals surface area contributed by atoms with Crippen LogP contribution < -0.4 is 10.6 Å². The van der Waals surface area contributed by atoms with Crippen LogP contribution in [0.4, 0.5) is 5.82 Å². The van der Waals surface area contributed by atoms with Gasteiger partial charge < -0.3 is 10.6 Å². The molecule has 0 saturated carbocycles. The Bertz CT molecular complexity index is 593. The Balaban J connectivity index is 1.95. The van der Waals surface area contributed by atoms with Crippen LogP contribution in [0.5, 0.6) is 0 Å². The maximum Gasteiger partial charge on any atom is 0.251 e. The first-order valence-corrected chi connectivity index (χ1v) is 7.29. The number of aromatic nitrogens is 1. The minimum atomic E-state index is -0.0869. The van der Waals surface area contributed by atoms with Crippen molar-refractivity contribution in [3.8, 4) is 0 Å². The first kappa shape index (κ1) is 15.0. The summed E-state index contributed by atoms with van der Waals surface area (Å²) in [5, 5.41) is 6.03. The monoisotopic (exact) mass is 283 g/mol. The first-order valence-electron chi connectivity index (χ1n) is 7.29. The van der Waals surface area contributed by atoms with E-state index >= 15 is 0 Å². The number of amides is 1. The number of pyridine rings is 1. The van der Waals surface area contributed by atoms with E-state index in [9.17, 15) is 4.79 Å². The van der Waals surface area contributed by atoms with Gasteiger partial charge in [0.1, 0.15) is 5.82 Å². The topological polar surface area (TPSA) is 54.0 Å². The molecule has 0 bridgehead atoms. The summed E-state index contributed by atoms with van der Waals surface area (Å²) >= 11 is 0. The lowest BCUT2D eigenvalue weighted by molar-refractivity contribution is 0.0951. The largest absolute Gasteiger partial charge is 0.370 e. The van der Waals surface area contributed by atoms with Gasteiger partial charge in [0, 0.05) is 24.8 Å². The van der Waals surface area contributed by atoms with Crippen molar-refractivity contribution >= 4 is 11.7 Å². The number of carbonyl (C=O) groups is 1. The Labute approximate surface area is 125 Å². The normalized spacial score (nSPS) is 10.2. The molecule has 2 aromatic rings. The van der Waals surface area contributed by atoms with Gasteiger partial charge in [-0.1, -0.05) is 31.2 Å². The molecular weight excluding hydrogens is 262 g/mol. The maximum atomic E-state index is 12.1. The van der Waals surface area contributed by atoms with Crippen LogP contribution in [0.15, 0.2) is 42.6 Å². The summed E-state index contributed by atoms with van der Waals surface area (Å²) in [5.74, 6) is 0.633. The summed E-state index contributed by atoms with van der Waals surface area (Å²) in [5.41, 5.74) is 3.02. The molecule has 1 aromatic heterocycles. The molecule has 4 nitrogen and oxygen atoms in total. The Hall–Kier alpha value is -2.36. The fourth-order valence-electron chi connectivity index (χ4n) is 2.03. The highest BCUT2D eigenvalue weighted by atomic mass is 16.1. The predicted molar refractivity (Wildman–Crippen MR) is 85.4 cm³/mol.